The fraction of sp³-hybridized carbons (Fsp3) is 0.438. The molecule has 1 saturated heterocycles. The monoisotopic (exact) mass is 300 g/mol. The molecule has 1 aliphatic heterocycles. The molecule has 0 saturated carbocycles. The Balaban J connectivity index is 1.65. The minimum absolute atomic E-state index is 0.0584. The minimum Gasteiger partial charge on any atom is -0.369 e. The Kier molecular flexibility index (Phi) is 3.83. The van der Waals surface area contributed by atoms with E-state index in [1.165, 1.54) is 0 Å². The molecule has 6 nitrogen and oxygen atoms in total. The van der Waals surface area contributed by atoms with E-state index in [1.807, 2.05) is 35.9 Å². The summed E-state index contributed by atoms with van der Waals surface area (Å²) in [7, 11) is 0. The van der Waals surface area contributed by atoms with E-state index in [0.717, 1.165) is 16.9 Å². The molecular weight excluding hydrogens is 280 g/mol. The number of carbonyl (C=O) groups excluding carboxylic acids is 2. The summed E-state index contributed by atoms with van der Waals surface area (Å²) >= 11 is 0. The molecule has 0 unspecified atom stereocenters. The van der Waals surface area contributed by atoms with E-state index in [9.17, 15) is 9.59 Å². The average molecular weight is 300 g/mol. The van der Waals surface area contributed by atoms with Crippen molar-refractivity contribution in [3.63, 3.8) is 0 Å². The van der Waals surface area contributed by atoms with Crippen LogP contribution in [0.4, 0.5) is 0 Å². The molecule has 3 rings (SSSR count). The van der Waals surface area contributed by atoms with Crippen molar-refractivity contribution in [1.82, 2.24) is 14.3 Å². The maximum Gasteiger partial charge on any atom is 0.228 e. The summed E-state index contributed by atoms with van der Waals surface area (Å²) in [5, 5.41) is 0. The number of hydrogen-bond donors (Lipinski definition) is 1. The van der Waals surface area contributed by atoms with Gasteiger partial charge in [-0.25, -0.2) is 4.98 Å². The number of nitrogens with zero attached hydrogens (tertiary/aromatic N) is 3. The van der Waals surface area contributed by atoms with E-state index >= 15 is 0 Å². The zero-order valence-electron chi connectivity index (χ0n) is 12.7. The van der Waals surface area contributed by atoms with Gasteiger partial charge in [-0.15, -0.1) is 0 Å². The highest BCUT2D eigenvalue weighted by molar-refractivity contribution is 5.80. The summed E-state index contributed by atoms with van der Waals surface area (Å²) < 4.78 is 1.93. The molecule has 22 heavy (non-hydrogen) atoms. The van der Waals surface area contributed by atoms with Crippen LogP contribution in [0.1, 0.15) is 24.1 Å². The Hall–Kier alpha value is -2.37. The number of carbonyl (C=O) groups is 2. The van der Waals surface area contributed by atoms with Crippen LogP contribution in [-0.2, 0) is 16.0 Å². The smallest absolute Gasteiger partial charge is 0.228 e. The minimum atomic E-state index is -0.261. The Labute approximate surface area is 128 Å². The van der Waals surface area contributed by atoms with E-state index in [0.29, 0.717) is 32.4 Å². The first-order valence-electron chi connectivity index (χ1n) is 7.54. The predicted molar refractivity (Wildman–Crippen MR) is 82.1 cm³/mol. The molecule has 0 radical (unpaired) electrons. The Morgan fingerprint density at radius 2 is 2.09 bits per heavy atom. The van der Waals surface area contributed by atoms with Gasteiger partial charge in [0, 0.05) is 31.4 Å². The number of likely N-dealkylation sites (tertiary alicyclic amines) is 1. The Bertz CT molecular complexity index is 714. The third kappa shape index (κ3) is 2.95. The molecule has 0 aromatic carbocycles. The van der Waals surface area contributed by atoms with Crippen LogP contribution in [-0.4, -0.2) is 39.2 Å². The summed E-state index contributed by atoms with van der Waals surface area (Å²) in [4.78, 5) is 29.8. The van der Waals surface area contributed by atoms with Crippen molar-refractivity contribution in [1.29, 1.82) is 0 Å². The normalized spacial score (nSPS) is 16.1. The molecule has 2 aromatic heterocycles. The summed E-state index contributed by atoms with van der Waals surface area (Å²) in [6, 6.07) is 4.00. The number of amides is 2. The van der Waals surface area contributed by atoms with E-state index < -0.39 is 0 Å². The van der Waals surface area contributed by atoms with Crippen molar-refractivity contribution in [2.45, 2.75) is 26.2 Å². The number of hydrogen-bond acceptors (Lipinski definition) is 3. The van der Waals surface area contributed by atoms with Crippen molar-refractivity contribution in [2.75, 3.05) is 13.1 Å². The molecule has 0 aliphatic carbocycles. The van der Waals surface area contributed by atoms with Crippen molar-refractivity contribution >= 4 is 17.5 Å². The second-order valence-corrected chi connectivity index (χ2v) is 5.94. The number of aromatic nitrogens is 2. The molecule has 3 heterocycles. The van der Waals surface area contributed by atoms with Gasteiger partial charge in [-0.05, 0) is 37.5 Å². The van der Waals surface area contributed by atoms with Crippen LogP contribution >= 0.6 is 0 Å². The SMILES string of the molecule is Cc1ccn2cc(CC(=O)N3CCC(C(N)=O)CC3)nc2c1. The lowest BCUT2D eigenvalue weighted by molar-refractivity contribution is -0.134. The summed E-state index contributed by atoms with van der Waals surface area (Å²) in [5.74, 6) is -0.298. The number of primary amides is 1. The maximum absolute atomic E-state index is 12.3. The van der Waals surface area contributed by atoms with Gasteiger partial charge < -0.3 is 15.0 Å². The first-order chi connectivity index (χ1) is 10.5. The highest BCUT2D eigenvalue weighted by Gasteiger charge is 2.26. The molecule has 1 fully saturated rings. The first kappa shape index (κ1) is 14.6. The molecule has 0 bridgehead atoms. The lowest BCUT2D eigenvalue weighted by Gasteiger charge is -2.30. The van der Waals surface area contributed by atoms with Crippen LogP contribution in [0.2, 0.25) is 0 Å². The van der Waals surface area contributed by atoms with Crippen LogP contribution < -0.4 is 5.73 Å². The number of aryl methyl sites for hydroxylation is 1. The number of fused-ring (bicyclic) bond motifs is 1. The van der Waals surface area contributed by atoms with Crippen molar-refractivity contribution in [2.24, 2.45) is 11.7 Å². The van der Waals surface area contributed by atoms with E-state index in [-0.39, 0.29) is 17.7 Å². The van der Waals surface area contributed by atoms with Gasteiger partial charge in [-0.3, -0.25) is 9.59 Å². The topological polar surface area (TPSA) is 80.7 Å². The van der Waals surface area contributed by atoms with Crippen LogP contribution in [0.3, 0.4) is 0 Å². The van der Waals surface area contributed by atoms with E-state index in [2.05, 4.69) is 4.98 Å². The third-order valence-corrected chi connectivity index (χ3v) is 4.25. The maximum atomic E-state index is 12.3. The number of rotatable bonds is 3. The van der Waals surface area contributed by atoms with Crippen LogP contribution in [0.25, 0.3) is 5.65 Å². The van der Waals surface area contributed by atoms with Crippen molar-refractivity contribution in [3.05, 3.63) is 35.8 Å². The molecule has 2 N–H and O–H groups in total. The molecule has 6 heteroatoms. The second-order valence-electron chi connectivity index (χ2n) is 5.94. The van der Waals surface area contributed by atoms with Gasteiger partial charge in [0.2, 0.25) is 11.8 Å². The van der Waals surface area contributed by atoms with E-state index in [1.54, 1.807) is 4.90 Å². The van der Waals surface area contributed by atoms with Gasteiger partial charge in [-0.2, -0.15) is 0 Å². The predicted octanol–water partition coefficient (Wildman–Crippen LogP) is 0.909. The van der Waals surface area contributed by atoms with Crippen LogP contribution in [0.15, 0.2) is 24.5 Å². The molecule has 0 atom stereocenters. The van der Waals surface area contributed by atoms with Gasteiger partial charge >= 0.3 is 0 Å². The average Bonchev–Trinajstić information content (AvgIpc) is 2.88. The molecule has 2 amide bonds. The molecule has 116 valence electrons. The van der Waals surface area contributed by atoms with Crippen LogP contribution in [0.5, 0.6) is 0 Å². The van der Waals surface area contributed by atoms with Gasteiger partial charge in [-0.1, -0.05) is 0 Å². The summed E-state index contributed by atoms with van der Waals surface area (Å²) in [6.07, 6.45) is 5.45. The Morgan fingerprint density at radius 1 is 1.36 bits per heavy atom. The fourth-order valence-electron chi connectivity index (χ4n) is 2.90. The van der Waals surface area contributed by atoms with Crippen molar-refractivity contribution < 1.29 is 9.59 Å². The zero-order valence-corrected chi connectivity index (χ0v) is 12.7. The fourth-order valence-corrected chi connectivity index (χ4v) is 2.90. The van der Waals surface area contributed by atoms with Gasteiger partial charge in [0.05, 0.1) is 12.1 Å². The Morgan fingerprint density at radius 3 is 2.77 bits per heavy atom. The third-order valence-electron chi connectivity index (χ3n) is 4.25. The van der Waals surface area contributed by atoms with Gasteiger partial charge in [0.1, 0.15) is 5.65 Å². The zero-order chi connectivity index (χ0) is 15.7. The molecule has 2 aromatic rings. The van der Waals surface area contributed by atoms with Gasteiger partial charge in [0.25, 0.3) is 0 Å². The summed E-state index contributed by atoms with van der Waals surface area (Å²) in [6.45, 7) is 3.21. The first-order valence-corrected chi connectivity index (χ1v) is 7.54. The largest absolute Gasteiger partial charge is 0.369 e. The van der Waals surface area contributed by atoms with Crippen LogP contribution in [0, 0.1) is 12.8 Å². The number of imidazole rings is 1. The second kappa shape index (κ2) is 5.79. The number of nitrogens with two attached hydrogens (primary N) is 1. The van der Waals surface area contributed by atoms with Crippen molar-refractivity contribution in [3.8, 4) is 0 Å². The summed E-state index contributed by atoms with van der Waals surface area (Å²) in [5.41, 5.74) is 8.08. The number of pyridine rings is 1. The molecule has 0 spiro atoms. The lowest BCUT2D eigenvalue weighted by atomic mass is 9.96. The standard InChI is InChI=1S/C16H20N4O2/c1-11-2-5-20-10-13(18-14(20)8-11)9-15(21)19-6-3-12(4-7-19)16(17)22/h2,5,8,10,12H,3-4,6-7,9H2,1H3,(H2,17,22). The highest BCUT2D eigenvalue weighted by atomic mass is 16.2. The molecular formula is C16H20N4O2. The quantitative estimate of drug-likeness (QED) is 0.915. The molecule has 1 aliphatic rings. The lowest BCUT2D eigenvalue weighted by Crippen LogP contribution is -2.42. The highest BCUT2D eigenvalue weighted by Crippen LogP contribution is 2.17. The number of piperidine rings is 1. The van der Waals surface area contributed by atoms with Gasteiger partial charge in [0.15, 0.2) is 0 Å². The van der Waals surface area contributed by atoms with E-state index in [4.69, 9.17) is 5.73 Å².